The zero-order chi connectivity index (χ0) is 11.8. The monoisotopic (exact) mass is 228 g/mol. The molecule has 0 aromatic carbocycles. The van der Waals surface area contributed by atoms with Gasteiger partial charge in [0.15, 0.2) is 0 Å². The molecule has 1 saturated heterocycles. The van der Waals surface area contributed by atoms with E-state index in [2.05, 4.69) is 5.32 Å². The Morgan fingerprint density at radius 2 is 1.94 bits per heavy atom. The highest BCUT2D eigenvalue weighted by Crippen LogP contribution is 2.09. The fraction of sp³-hybridized carbons (Fsp3) is 0.917. The van der Waals surface area contributed by atoms with Crippen LogP contribution in [0, 0.1) is 0 Å². The summed E-state index contributed by atoms with van der Waals surface area (Å²) in [7, 11) is 0. The van der Waals surface area contributed by atoms with Gasteiger partial charge in [-0.3, -0.25) is 4.79 Å². The van der Waals surface area contributed by atoms with Crippen LogP contribution in [0.15, 0.2) is 0 Å². The van der Waals surface area contributed by atoms with Gasteiger partial charge < -0.3 is 15.3 Å². The van der Waals surface area contributed by atoms with E-state index >= 15 is 0 Å². The molecule has 1 fully saturated rings. The number of amides is 1. The van der Waals surface area contributed by atoms with Gasteiger partial charge in [0.25, 0.3) is 0 Å². The lowest BCUT2D eigenvalue weighted by molar-refractivity contribution is -0.130. The summed E-state index contributed by atoms with van der Waals surface area (Å²) < 4.78 is 0. The molecular formula is C12H24N2O2. The zero-order valence-corrected chi connectivity index (χ0v) is 10.2. The fourth-order valence-electron chi connectivity index (χ4n) is 2.00. The van der Waals surface area contributed by atoms with Gasteiger partial charge in [-0.2, -0.15) is 0 Å². The van der Waals surface area contributed by atoms with Crippen LogP contribution in [-0.4, -0.2) is 48.2 Å². The molecule has 0 bridgehead atoms. The lowest BCUT2D eigenvalue weighted by Crippen LogP contribution is -2.43. The van der Waals surface area contributed by atoms with E-state index in [1.165, 1.54) is 12.8 Å². The number of carbonyl (C=O) groups is 1. The number of hydrogen-bond acceptors (Lipinski definition) is 3. The Kier molecular flexibility index (Phi) is 6.42. The third-order valence-corrected chi connectivity index (χ3v) is 3.21. The third kappa shape index (κ3) is 4.49. The van der Waals surface area contributed by atoms with Crippen LogP contribution in [0.25, 0.3) is 0 Å². The molecule has 1 heterocycles. The van der Waals surface area contributed by atoms with Crippen LogP contribution in [0.4, 0.5) is 0 Å². The summed E-state index contributed by atoms with van der Waals surface area (Å²) in [4.78, 5) is 13.8. The van der Waals surface area contributed by atoms with Crippen molar-refractivity contribution in [2.24, 2.45) is 0 Å². The lowest BCUT2D eigenvalue weighted by atomic mass is 10.2. The van der Waals surface area contributed by atoms with Crippen LogP contribution >= 0.6 is 0 Å². The molecule has 0 radical (unpaired) electrons. The summed E-state index contributed by atoms with van der Waals surface area (Å²) in [5.41, 5.74) is 0. The Bertz CT molecular complexity index is 197. The van der Waals surface area contributed by atoms with E-state index in [4.69, 9.17) is 5.11 Å². The van der Waals surface area contributed by atoms with E-state index in [0.29, 0.717) is 6.54 Å². The molecule has 0 aromatic rings. The Labute approximate surface area is 98.0 Å². The first-order valence-corrected chi connectivity index (χ1v) is 6.40. The van der Waals surface area contributed by atoms with Crippen LogP contribution in [-0.2, 0) is 4.79 Å². The molecule has 1 aliphatic rings. The average molecular weight is 228 g/mol. The largest absolute Gasteiger partial charge is 0.395 e. The molecule has 0 spiro atoms. The summed E-state index contributed by atoms with van der Waals surface area (Å²) in [6.07, 6.45) is 5.59. The molecule has 94 valence electrons. The van der Waals surface area contributed by atoms with E-state index in [-0.39, 0.29) is 18.6 Å². The number of likely N-dealkylation sites (tertiary alicyclic amines) is 1. The summed E-state index contributed by atoms with van der Waals surface area (Å²) in [6.45, 7) is 4.26. The molecule has 0 aliphatic carbocycles. The second kappa shape index (κ2) is 7.63. The van der Waals surface area contributed by atoms with Crippen LogP contribution in [0.5, 0.6) is 0 Å². The summed E-state index contributed by atoms with van der Waals surface area (Å²) in [5.74, 6) is 0.175. The van der Waals surface area contributed by atoms with Crippen LogP contribution < -0.4 is 5.32 Å². The van der Waals surface area contributed by atoms with Crippen molar-refractivity contribution in [3.8, 4) is 0 Å². The molecular weight excluding hydrogens is 204 g/mol. The van der Waals surface area contributed by atoms with Crippen molar-refractivity contribution in [1.29, 1.82) is 0 Å². The average Bonchev–Trinajstić information content (AvgIpc) is 2.58. The maximum Gasteiger partial charge on any atom is 0.236 e. The first-order chi connectivity index (χ1) is 7.77. The first-order valence-electron chi connectivity index (χ1n) is 6.40. The maximum atomic E-state index is 11.9. The van der Waals surface area contributed by atoms with E-state index < -0.39 is 0 Å². The van der Waals surface area contributed by atoms with Gasteiger partial charge in [-0.05, 0) is 19.3 Å². The molecule has 1 aliphatic heterocycles. The van der Waals surface area contributed by atoms with E-state index in [1.807, 2.05) is 11.8 Å². The lowest BCUT2D eigenvalue weighted by Gasteiger charge is -2.22. The van der Waals surface area contributed by atoms with Crippen molar-refractivity contribution in [2.45, 2.75) is 45.1 Å². The predicted molar refractivity (Wildman–Crippen MR) is 64.2 cm³/mol. The van der Waals surface area contributed by atoms with Gasteiger partial charge in [-0.15, -0.1) is 0 Å². The SMILES string of the molecule is CCC(CO)NCC(=O)N1CCCCCC1. The highest BCUT2D eigenvalue weighted by atomic mass is 16.3. The van der Waals surface area contributed by atoms with Crippen molar-refractivity contribution in [3.05, 3.63) is 0 Å². The van der Waals surface area contributed by atoms with E-state index in [1.54, 1.807) is 0 Å². The van der Waals surface area contributed by atoms with Crippen molar-refractivity contribution < 1.29 is 9.90 Å². The van der Waals surface area contributed by atoms with Crippen LogP contribution in [0.2, 0.25) is 0 Å². The Balaban J connectivity index is 2.27. The van der Waals surface area contributed by atoms with Gasteiger partial charge >= 0.3 is 0 Å². The molecule has 2 N–H and O–H groups in total. The van der Waals surface area contributed by atoms with E-state index in [9.17, 15) is 4.79 Å². The van der Waals surface area contributed by atoms with Gasteiger partial charge in [-0.1, -0.05) is 19.8 Å². The zero-order valence-electron chi connectivity index (χ0n) is 10.2. The number of hydrogen-bond donors (Lipinski definition) is 2. The molecule has 4 heteroatoms. The minimum Gasteiger partial charge on any atom is -0.395 e. The normalized spacial score (nSPS) is 19.2. The quantitative estimate of drug-likeness (QED) is 0.730. The molecule has 4 nitrogen and oxygen atoms in total. The van der Waals surface area contributed by atoms with Gasteiger partial charge in [-0.25, -0.2) is 0 Å². The minimum atomic E-state index is 0.0518. The molecule has 1 unspecified atom stereocenters. The number of nitrogens with zero attached hydrogens (tertiary/aromatic N) is 1. The molecule has 1 amide bonds. The summed E-state index contributed by atoms with van der Waals surface area (Å²) in [6, 6.07) is 0.0518. The van der Waals surface area contributed by atoms with E-state index in [0.717, 1.165) is 32.4 Å². The standard InChI is InChI=1S/C12H24N2O2/c1-2-11(10-15)13-9-12(16)14-7-5-3-4-6-8-14/h11,13,15H,2-10H2,1H3. The Morgan fingerprint density at radius 3 is 2.44 bits per heavy atom. The second-order valence-corrected chi connectivity index (χ2v) is 4.46. The number of aliphatic hydroxyl groups excluding tert-OH is 1. The second-order valence-electron chi connectivity index (χ2n) is 4.46. The number of carbonyl (C=O) groups excluding carboxylic acids is 1. The maximum absolute atomic E-state index is 11.9. The Hall–Kier alpha value is -0.610. The third-order valence-electron chi connectivity index (χ3n) is 3.21. The molecule has 1 rings (SSSR count). The van der Waals surface area contributed by atoms with Crippen LogP contribution in [0.1, 0.15) is 39.0 Å². The smallest absolute Gasteiger partial charge is 0.236 e. The predicted octanol–water partition coefficient (Wildman–Crippen LogP) is 0.749. The van der Waals surface area contributed by atoms with Gasteiger partial charge in [0, 0.05) is 19.1 Å². The number of rotatable bonds is 5. The van der Waals surface area contributed by atoms with Gasteiger partial charge in [0.1, 0.15) is 0 Å². The molecule has 16 heavy (non-hydrogen) atoms. The molecule has 0 aromatic heterocycles. The number of nitrogens with one attached hydrogen (secondary N) is 1. The van der Waals surface area contributed by atoms with Crippen molar-refractivity contribution in [2.75, 3.05) is 26.2 Å². The van der Waals surface area contributed by atoms with Crippen molar-refractivity contribution in [1.82, 2.24) is 10.2 Å². The highest BCUT2D eigenvalue weighted by Gasteiger charge is 2.16. The van der Waals surface area contributed by atoms with Gasteiger partial charge in [0.05, 0.1) is 13.2 Å². The van der Waals surface area contributed by atoms with Crippen LogP contribution in [0.3, 0.4) is 0 Å². The minimum absolute atomic E-state index is 0.0518. The fourth-order valence-corrected chi connectivity index (χ4v) is 2.00. The molecule has 0 saturated carbocycles. The molecule has 1 atom stereocenters. The first kappa shape index (κ1) is 13.5. The Morgan fingerprint density at radius 1 is 1.31 bits per heavy atom. The summed E-state index contributed by atoms with van der Waals surface area (Å²) in [5, 5.41) is 12.1. The topological polar surface area (TPSA) is 52.6 Å². The highest BCUT2D eigenvalue weighted by molar-refractivity contribution is 5.78. The van der Waals surface area contributed by atoms with Crippen molar-refractivity contribution >= 4 is 5.91 Å². The summed E-state index contributed by atoms with van der Waals surface area (Å²) >= 11 is 0. The van der Waals surface area contributed by atoms with Gasteiger partial charge in [0.2, 0.25) is 5.91 Å². The number of aliphatic hydroxyl groups is 1. The van der Waals surface area contributed by atoms with Crippen molar-refractivity contribution in [3.63, 3.8) is 0 Å².